The lowest BCUT2D eigenvalue weighted by atomic mass is 9.73. The number of hydrogen-bond donors (Lipinski definition) is 2. The van der Waals surface area contributed by atoms with Crippen molar-refractivity contribution in [2.75, 3.05) is 18.6 Å². The van der Waals surface area contributed by atoms with Gasteiger partial charge in [0, 0.05) is 28.6 Å². The Morgan fingerprint density at radius 3 is 3.05 bits per heavy atom. The number of hydrogen-bond acceptors (Lipinski definition) is 2. The van der Waals surface area contributed by atoms with Gasteiger partial charge < -0.3 is 10.3 Å². The minimum atomic E-state index is 0.641. The average Bonchev–Trinajstić information content (AvgIpc) is 2.88. The van der Waals surface area contributed by atoms with E-state index < -0.39 is 0 Å². The number of H-pyrrole nitrogens is 1. The molecule has 1 aliphatic carbocycles. The van der Waals surface area contributed by atoms with Gasteiger partial charge in [0.25, 0.3) is 0 Å². The molecule has 0 saturated carbocycles. The van der Waals surface area contributed by atoms with Gasteiger partial charge in [-0.15, -0.1) is 0 Å². The van der Waals surface area contributed by atoms with Crippen LogP contribution in [0.15, 0.2) is 18.2 Å². The number of nitrogens with one attached hydrogen (secondary N) is 2. The zero-order chi connectivity index (χ0) is 15.1. The standard InChI is InChI=1S/C19H26N2S/c1-3-5-16-15-9-18-14(8-12(10-20-18)11-22-2)13-6-4-7-17(21-16)19(13)15/h4,6-7,12,14,18,20-21H,3,5,8-11H2,1-2H3/t12-,14?,18-/m1/s1. The van der Waals surface area contributed by atoms with E-state index in [4.69, 9.17) is 0 Å². The number of aryl methyl sites for hydroxylation is 1. The average molecular weight is 314 g/mol. The lowest BCUT2D eigenvalue weighted by Crippen LogP contribution is -2.47. The quantitative estimate of drug-likeness (QED) is 0.889. The summed E-state index contributed by atoms with van der Waals surface area (Å²) in [5.74, 6) is 2.81. The first-order valence-corrected chi connectivity index (χ1v) is 10.1. The van der Waals surface area contributed by atoms with Crippen LogP contribution in [-0.2, 0) is 12.8 Å². The van der Waals surface area contributed by atoms with Crippen molar-refractivity contribution < 1.29 is 0 Å². The summed E-state index contributed by atoms with van der Waals surface area (Å²) in [4.78, 5) is 3.71. The Kier molecular flexibility index (Phi) is 3.95. The molecule has 1 unspecified atom stereocenters. The summed E-state index contributed by atoms with van der Waals surface area (Å²) in [6, 6.07) is 7.53. The minimum Gasteiger partial charge on any atom is -0.358 e. The summed E-state index contributed by atoms with van der Waals surface area (Å²) >= 11 is 1.99. The molecule has 0 spiro atoms. The second kappa shape index (κ2) is 5.93. The first-order valence-electron chi connectivity index (χ1n) is 8.66. The van der Waals surface area contributed by atoms with Crippen molar-refractivity contribution in [1.82, 2.24) is 10.3 Å². The molecule has 0 radical (unpaired) electrons. The Morgan fingerprint density at radius 1 is 1.32 bits per heavy atom. The third-order valence-corrected chi connectivity index (χ3v) is 6.32. The van der Waals surface area contributed by atoms with Crippen LogP contribution in [0, 0.1) is 5.92 Å². The summed E-state index contributed by atoms with van der Waals surface area (Å²) in [7, 11) is 0. The second-order valence-electron chi connectivity index (χ2n) is 6.98. The summed E-state index contributed by atoms with van der Waals surface area (Å²) in [6.45, 7) is 3.47. The van der Waals surface area contributed by atoms with Crippen LogP contribution >= 0.6 is 11.8 Å². The van der Waals surface area contributed by atoms with E-state index in [-0.39, 0.29) is 0 Å². The predicted molar refractivity (Wildman–Crippen MR) is 97.0 cm³/mol. The molecule has 0 bridgehead atoms. The Labute approximate surface area is 137 Å². The van der Waals surface area contributed by atoms with Crippen LogP contribution in [0.25, 0.3) is 10.9 Å². The molecular weight excluding hydrogens is 288 g/mol. The third-order valence-electron chi connectivity index (χ3n) is 5.52. The summed E-state index contributed by atoms with van der Waals surface area (Å²) in [5, 5.41) is 5.43. The Morgan fingerprint density at radius 2 is 2.23 bits per heavy atom. The smallest absolute Gasteiger partial charge is 0.0461 e. The van der Waals surface area contributed by atoms with Gasteiger partial charge in [-0.05, 0) is 60.9 Å². The number of rotatable bonds is 4. The molecule has 2 heterocycles. The minimum absolute atomic E-state index is 0.641. The van der Waals surface area contributed by atoms with Gasteiger partial charge in [-0.1, -0.05) is 25.5 Å². The fourth-order valence-electron chi connectivity index (χ4n) is 4.61. The number of aromatic nitrogens is 1. The molecule has 1 fully saturated rings. The molecule has 3 heteroatoms. The largest absolute Gasteiger partial charge is 0.358 e. The number of piperidine rings is 1. The van der Waals surface area contributed by atoms with Gasteiger partial charge in [-0.2, -0.15) is 11.8 Å². The molecule has 2 N–H and O–H groups in total. The van der Waals surface area contributed by atoms with Gasteiger partial charge >= 0.3 is 0 Å². The van der Waals surface area contributed by atoms with Gasteiger partial charge in [-0.25, -0.2) is 0 Å². The Balaban J connectivity index is 1.77. The van der Waals surface area contributed by atoms with Crippen molar-refractivity contribution >= 4 is 22.7 Å². The van der Waals surface area contributed by atoms with E-state index in [0.29, 0.717) is 12.0 Å². The van der Waals surface area contributed by atoms with Gasteiger partial charge in [0.15, 0.2) is 0 Å². The van der Waals surface area contributed by atoms with Gasteiger partial charge in [0.2, 0.25) is 0 Å². The first-order chi connectivity index (χ1) is 10.8. The monoisotopic (exact) mass is 314 g/mol. The van der Waals surface area contributed by atoms with Crippen molar-refractivity contribution in [3.8, 4) is 0 Å². The van der Waals surface area contributed by atoms with E-state index in [9.17, 15) is 0 Å². The van der Waals surface area contributed by atoms with Crippen molar-refractivity contribution in [2.45, 2.75) is 44.6 Å². The number of benzene rings is 1. The highest BCUT2D eigenvalue weighted by atomic mass is 32.2. The normalized spacial score (nSPS) is 27.1. The molecule has 2 nitrogen and oxygen atoms in total. The van der Waals surface area contributed by atoms with Crippen molar-refractivity contribution in [1.29, 1.82) is 0 Å². The summed E-state index contributed by atoms with van der Waals surface area (Å²) < 4.78 is 0. The molecule has 0 amide bonds. The fraction of sp³-hybridized carbons (Fsp3) is 0.579. The third kappa shape index (κ3) is 2.30. The maximum absolute atomic E-state index is 3.87. The molecule has 1 saturated heterocycles. The van der Waals surface area contributed by atoms with E-state index >= 15 is 0 Å². The second-order valence-corrected chi connectivity index (χ2v) is 7.90. The van der Waals surface area contributed by atoms with Crippen LogP contribution in [-0.4, -0.2) is 29.6 Å². The lowest BCUT2D eigenvalue weighted by Gasteiger charge is -2.40. The molecule has 22 heavy (non-hydrogen) atoms. The maximum atomic E-state index is 3.87. The molecule has 1 aliphatic heterocycles. The molecule has 1 aromatic heterocycles. The van der Waals surface area contributed by atoms with E-state index in [0.717, 1.165) is 5.92 Å². The topological polar surface area (TPSA) is 27.8 Å². The van der Waals surface area contributed by atoms with Crippen LogP contribution in [0.5, 0.6) is 0 Å². The van der Waals surface area contributed by atoms with E-state index in [2.05, 4.69) is 41.7 Å². The van der Waals surface area contributed by atoms with Gasteiger partial charge in [0.05, 0.1) is 0 Å². The molecule has 3 atom stereocenters. The number of fused-ring (bicyclic) bond motifs is 2. The molecule has 4 rings (SSSR count). The molecule has 118 valence electrons. The van der Waals surface area contributed by atoms with E-state index in [1.807, 2.05) is 11.8 Å². The van der Waals surface area contributed by atoms with Crippen molar-refractivity contribution in [3.63, 3.8) is 0 Å². The maximum Gasteiger partial charge on any atom is 0.0461 e. The van der Waals surface area contributed by atoms with Gasteiger partial charge in [-0.3, -0.25) is 0 Å². The summed E-state index contributed by atoms with van der Waals surface area (Å²) in [6.07, 6.45) is 7.19. The molecule has 2 aliphatic rings. The predicted octanol–water partition coefficient (Wildman–Crippen LogP) is 4.10. The van der Waals surface area contributed by atoms with E-state index in [1.54, 1.807) is 16.5 Å². The Hall–Kier alpha value is -0.930. The first kappa shape index (κ1) is 14.6. The zero-order valence-electron chi connectivity index (χ0n) is 13.6. The SMILES string of the molecule is CCCc1[nH]c2cccc3c2c1C[C@H]1NC[C@H](CSC)CC31. The lowest BCUT2D eigenvalue weighted by molar-refractivity contribution is 0.285. The molecule has 2 aromatic rings. The van der Waals surface area contributed by atoms with Crippen molar-refractivity contribution in [3.05, 3.63) is 35.0 Å². The number of aromatic amines is 1. The zero-order valence-corrected chi connectivity index (χ0v) is 14.4. The van der Waals surface area contributed by atoms with Crippen LogP contribution in [0.4, 0.5) is 0 Å². The fourth-order valence-corrected chi connectivity index (χ4v) is 5.33. The molecule has 1 aromatic carbocycles. The van der Waals surface area contributed by atoms with E-state index in [1.165, 1.54) is 49.2 Å². The van der Waals surface area contributed by atoms with Crippen molar-refractivity contribution in [2.24, 2.45) is 5.92 Å². The summed E-state index contributed by atoms with van der Waals surface area (Å²) in [5.41, 5.74) is 6.04. The highest BCUT2D eigenvalue weighted by molar-refractivity contribution is 7.98. The highest BCUT2D eigenvalue weighted by Crippen LogP contribution is 2.43. The van der Waals surface area contributed by atoms with Gasteiger partial charge in [0.1, 0.15) is 0 Å². The van der Waals surface area contributed by atoms with Crippen LogP contribution in [0.3, 0.4) is 0 Å². The van der Waals surface area contributed by atoms with Crippen LogP contribution in [0.2, 0.25) is 0 Å². The Bertz CT molecular complexity index is 675. The van der Waals surface area contributed by atoms with Crippen LogP contribution < -0.4 is 5.32 Å². The number of thioether (sulfide) groups is 1. The van der Waals surface area contributed by atoms with Crippen LogP contribution in [0.1, 0.15) is 42.5 Å². The molecular formula is C19H26N2S. The highest BCUT2D eigenvalue weighted by Gasteiger charge is 2.36.